The largest absolute Gasteiger partial charge is 0.486 e. The highest BCUT2D eigenvalue weighted by atomic mass is 32.2. The minimum atomic E-state index is -3.65. The van der Waals surface area contributed by atoms with E-state index in [0.717, 1.165) is 11.8 Å². The maximum Gasteiger partial charge on any atom is 0.240 e. The third-order valence-electron chi connectivity index (χ3n) is 4.28. The molecule has 0 saturated carbocycles. The first-order chi connectivity index (χ1) is 15.2. The van der Waals surface area contributed by atoms with Gasteiger partial charge in [0.2, 0.25) is 21.1 Å². The van der Waals surface area contributed by atoms with Crippen molar-refractivity contribution in [3.8, 4) is 5.75 Å². The van der Waals surface area contributed by atoms with Crippen LogP contribution in [0.25, 0.3) is 0 Å². The van der Waals surface area contributed by atoms with Crippen LogP contribution in [0.3, 0.4) is 0 Å². The molecule has 0 aliphatic rings. The van der Waals surface area contributed by atoms with Gasteiger partial charge in [-0.3, -0.25) is 4.79 Å². The SMILES string of the molecule is CNS(=O)(=O)c1cc(NC(=O)CSc2nnc(COc3ccc(F)cc3)n2N)ccc1C. The average molecular weight is 481 g/mol. The molecule has 3 rings (SSSR count). The molecule has 4 N–H and O–H groups in total. The van der Waals surface area contributed by atoms with Crippen LogP contribution in [0, 0.1) is 12.7 Å². The zero-order valence-electron chi connectivity index (χ0n) is 17.2. The topological polar surface area (TPSA) is 141 Å². The number of amides is 1. The molecule has 0 saturated heterocycles. The lowest BCUT2D eigenvalue weighted by Crippen LogP contribution is -2.21. The molecule has 0 aliphatic carbocycles. The molecule has 2 aromatic carbocycles. The van der Waals surface area contributed by atoms with Gasteiger partial charge in [0, 0.05) is 5.69 Å². The first-order valence-electron chi connectivity index (χ1n) is 9.24. The Kier molecular flexibility index (Phi) is 7.33. The van der Waals surface area contributed by atoms with Crippen LogP contribution in [0.5, 0.6) is 5.75 Å². The second-order valence-corrected chi connectivity index (χ2v) is 9.33. The highest BCUT2D eigenvalue weighted by molar-refractivity contribution is 7.99. The van der Waals surface area contributed by atoms with Crippen molar-refractivity contribution in [2.45, 2.75) is 23.6 Å². The third kappa shape index (κ3) is 5.75. The van der Waals surface area contributed by atoms with E-state index in [-0.39, 0.29) is 29.0 Å². The molecule has 3 aromatic rings. The molecule has 0 radical (unpaired) electrons. The predicted octanol–water partition coefficient (Wildman–Crippen LogP) is 1.66. The van der Waals surface area contributed by atoms with E-state index in [9.17, 15) is 17.6 Å². The second kappa shape index (κ2) is 9.97. The van der Waals surface area contributed by atoms with Crippen molar-refractivity contribution in [1.29, 1.82) is 0 Å². The van der Waals surface area contributed by atoms with Crippen molar-refractivity contribution in [2.75, 3.05) is 24.0 Å². The molecule has 32 heavy (non-hydrogen) atoms. The number of carbonyl (C=O) groups is 1. The molecule has 0 spiro atoms. The maximum atomic E-state index is 12.9. The van der Waals surface area contributed by atoms with Gasteiger partial charge in [-0.2, -0.15) is 0 Å². The minimum Gasteiger partial charge on any atom is -0.486 e. The Labute approximate surface area is 188 Å². The fourth-order valence-electron chi connectivity index (χ4n) is 2.59. The molecular formula is C19H21FN6O4S2. The van der Waals surface area contributed by atoms with E-state index < -0.39 is 10.0 Å². The number of hydrogen-bond donors (Lipinski definition) is 3. The van der Waals surface area contributed by atoms with Crippen molar-refractivity contribution in [1.82, 2.24) is 19.6 Å². The number of anilines is 1. The first kappa shape index (κ1) is 23.5. The molecule has 0 bridgehead atoms. The standard InChI is InChI=1S/C19H21FN6O4S2/c1-12-3-6-14(9-16(12)32(28,29)22-2)23-18(27)11-31-19-25-24-17(26(19)21)10-30-15-7-4-13(20)5-8-15/h3-9,22H,10-11,21H2,1-2H3,(H,23,27). The quantitative estimate of drug-likeness (QED) is 0.310. The fourth-order valence-corrected chi connectivity index (χ4v) is 4.26. The highest BCUT2D eigenvalue weighted by Crippen LogP contribution is 2.21. The smallest absolute Gasteiger partial charge is 0.240 e. The molecule has 0 unspecified atom stereocenters. The Morgan fingerprint density at radius 1 is 1.22 bits per heavy atom. The maximum absolute atomic E-state index is 12.9. The van der Waals surface area contributed by atoms with Crippen LogP contribution in [0.1, 0.15) is 11.4 Å². The molecule has 170 valence electrons. The summed E-state index contributed by atoms with van der Waals surface area (Å²) < 4.78 is 46.1. The van der Waals surface area contributed by atoms with Crippen molar-refractivity contribution >= 4 is 33.4 Å². The number of hydrogen-bond acceptors (Lipinski definition) is 8. The number of sulfonamides is 1. The van der Waals surface area contributed by atoms with Crippen LogP contribution in [0.4, 0.5) is 10.1 Å². The number of rotatable bonds is 9. The van der Waals surface area contributed by atoms with Gasteiger partial charge in [0.15, 0.2) is 5.82 Å². The second-order valence-electron chi connectivity index (χ2n) is 6.54. The zero-order valence-corrected chi connectivity index (χ0v) is 18.8. The molecule has 0 atom stereocenters. The number of aryl methyl sites for hydroxylation is 1. The number of ether oxygens (including phenoxy) is 1. The van der Waals surface area contributed by atoms with Crippen molar-refractivity contribution in [2.24, 2.45) is 0 Å². The molecule has 0 aliphatic heterocycles. The lowest BCUT2D eigenvalue weighted by atomic mass is 10.2. The molecule has 1 aromatic heterocycles. The van der Waals surface area contributed by atoms with E-state index in [1.54, 1.807) is 19.1 Å². The molecule has 10 nitrogen and oxygen atoms in total. The first-order valence-corrected chi connectivity index (χ1v) is 11.7. The fraction of sp³-hybridized carbons (Fsp3) is 0.211. The Morgan fingerprint density at radius 3 is 2.62 bits per heavy atom. The van der Waals surface area contributed by atoms with Crippen molar-refractivity contribution in [3.05, 3.63) is 59.7 Å². The predicted molar refractivity (Wildman–Crippen MR) is 118 cm³/mol. The minimum absolute atomic E-state index is 0.00791. The van der Waals surface area contributed by atoms with Crippen molar-refractivity contribution < 1.29 is 22.3 Å². The van der Waals surface area contributed by atoms with E-state index in [0.29, 0.717) is 28.0 Å². The summed E-state index contributed by atoms with van der Waals surface area (Å²) in [5.74, 6) is 5.94. The number of benzene rings is 2. The van der Waals surface area contributed by atoms with Crippen LogP contribution >= 0.6 is 11.8 Å². The van der Waals surface area contributed by atoms with E-state index >= 15 is 0 Å². The molecule has 13 heteroatoms. The van der Waals surface area contributed by atoms with Gasteiger partial charge in [-0.1, -0.05) is 17.8 Å². The van der Waals surface area contributed by atoms with E-state index in [1.165, 1.54) is 42.1 Å². The summed E-state index contributed by atoms with van der Waals surface area (Å²) in [6, 6.07) is 10.1. The Bertz CT molecular complexity index is 1220. The van der Waals surface area contributed by atoms with E-state index in [4.69, 9.17) is 10.6 Å². The molecular weight excluding hydrogens is 459 g/mol. The van der Waals surface area contributed by atoms with Crippen LogP contribution < -0.4 is 20.6 Å². The lowest BCUT2D eigenvalue weighted by molar-refractivity contribution is -0.113. The summed E-state index contributed by atoms with van der Waals surface area (Å²) in [6.07, 6.45) is 0. The van der Waals surface area contributed by atoms with Crippen molar-refractivity contribution in [3.63, 3.8) is 0 Å². The van der Waals surface area contributed by atoms with Crippen LogP contribution in [-0.2, 0) is 21.4 Å². The van der Waals surface area contributed by atoms with Gasteiger partial charge in [-0.05, 0) is 55.9 Å². The number of halogens is 1. The normalized spacial score (nSPS) is 11.3. The van der Waals surface area contributed by atoms with Gasteiger partial charge >= 0.3 is 0 Å². The van der Waals surface area contributed by atoms with Gasteiger partial charge in [0.05, 0.1) is 10.6 Å². The number of carbonyl (C=O) groups excluding carboxylic acids is 1. The van der Waals surface area contributed by atoms with Crippen LogP contribution in [0.2, 0.25) is 0 Å². The Balaban J connectivity index is 1.57. The van der Waals surface area contributed by atoms with Gasteiger partial charge in [0.25, 0.3) is 0 Å². The number of nitrogens with two attached hydrogens (primary N) is 1. The van der Waals surface area contributed by atoms with E-state index in [1.807, 2.05) is 0 Å². The molecule has 1 amide bonds. The highest BCUT2D eigenvalue weighted by Gasteiger charge is 2.17. The monoisotopic (exact) mass is 480 g/mol. The summed E-state index contributed by atoms with van der Waals surface area (Å²) in [4.78, 5) is 12.4. The number of thioether (sulfide) groups is 1. The lowest BCUT2D eigenvalue weighted by Gasteiger charge is -2.10. The third-order valence-corrected chi connectivity index (χ3v) is 6.78. The van der Waals surface area contributed by atoms with Gasteiger partial charge < -0.3 is 15.9 Å². The summed E-state index contributed by atoms with van der Waals surface area (Å²) in [7, 11) is -2.33. The summed E-state index contributed by atoms with van der Waals surface area (Å²) in [5.41, 5.74) is 0.899. The number of aromatic nitrogens is 3. The zero-order chi connectivity index (χ0) is 23.3. The summed E-state index contributed by atoms with van der Waals surface area (Å²) >= 11 is 1.05. The van der Waals surface area contributed by atoms with Gasteiger partial charge in [-0.15, -0.1) is 10.2 Å². The summed E-state index contributed by atoms with van der Waals surface area (Å²) in [5, 5.41) is 10.8. The number of nitrogens with one attached hydrogen (secondary N) is 2. The molecule has 0 fully saturated rings. The average Bonchev–Trinajstić information content (AvgIpc) is 3.12. The number of nitrogens with zero attached hydrogens (tertiary/aromatic N) is 3. The number of nitrogen functional groups attached to an aromatic ring is 1. The Hall–Kier alpha value is -3.16. The molecule has 1 heterocycles. The van der Waals surface area contributed by atoms with Crippen LogP contribution in [-0.4, -0.2) is 42.0 Å². The Morgan fingerprint density at radius 2 is 1.94 bits per heavy atom. The van der Waals surface area contributed by atoms with E-state index in [2.05, 4.69) is 20.2 Å². The van der Waals surface area contributed by atoms with Gasteiger partial charge in [-0.25, -0.2) is 22.2 Å². The van der Waals surface area contributed by atoms with Crippen LogP contribution in [0.15, 0.2) is 52.5 Å². The van der Waals surface area contributed by atoms with Gasteiger partial charge in [0.1, 0.15) is 18.2 Å². The summed E-state index contributed by atoms with van der Waals surface area (Å²) in [6.45, 7) is 1.67.